The fourth-order valence-corrected chi connectivity index (χ4v) is 3.14. The summed E-state index contributed by atoms with van der Waals surface area (Å²) in [6.07, 6.45) is 7.91. The van der Waals surface area contributed by atoms with Crippen molar-refractivity contribution in [3.63, 3.8) is 0 Å². The van der Waals surface area contributed by atoms with Crippen LogP contribution in [0.3, 0.4) is 0 Å². The molecule has 2 aliphatic rings. The van der Waals surface area contributed by atoms with Crippen molar-refractivity contribution in [2.45, 2.75) is 51.6 Å². The van der Waals surface area contributed by atoms with E-state index >= 15 is 0 Å². The lowest BCUT2D eigenvalue weighted by Crippen LogP contribution is -2.32. The molecule has 0 amide bonds. The Labute approximate surface area is 87.3 Å². The summed E-state index contributed by atoms with van der Waals surface area (Å²) in [6, 6.07) is 0. The van der Waals surface area contributed by atoms with Crippen molar-refractivity contribution in [3.05, 3.63) is 0 Å². The van der Waals surface area contributed by atoms with Gasteiger partial charge in [0.15, 0.2) is 0 Å². The fourth-order valence-electron chi connectivity index (χ4n) is 3.14. The predicted molar refractivity (Wildman–Crippen MR) is 58.3 cm³/mol. The molecule has 1 atom stereocenters. The molecular weight excluding hydrogens is 174 g/mol. The normalized spacial score (nSPS) is 28.7. The highest BCUT2D eigenvalue weighted by Gasteiger charge is 2.40. The first-order chi connectivity index (χ1) is 6.74. The number of rotatable bonds is 3. The number of aliphatic hydroxyl groups is 1. The van der Waals surface area contributed by atoms with Gasteiger partial charge in [-0.15, -0.1) is 0 Å². The highest BCUT2D eigenvalue weighted by atomic mass is 16.3. The maximum absolute atomic E-state index is 9.61. The van der Waals surface area contributed by atoms with E-state index < -0.39 is 0 Å². The van der Waals surface area contributed by atoms with E-state index in [0.717, 1.165) is 13.0 Å². The van der Waals surface area contributed by atoms with Gasteiger partial charge in [0.05, 0.1) is 6.10 Å². The lowest BCUT2D eigenvalue weighted by Gasteiger charge is -2.24. The largest absolute Gasteiger partial charge is 0.392 e. The van der Waals surface area contributed by atoms with Crippen LogP contribution in [-0.4, -0.2) is 35.7 Å². The highest BCUT2D eigenvalue weighted by Crippen LogP contribution is 2.45. The third kappa shape index (κ3) is 2.12. The summed E-state index contributed by atoms with van der Waals surface area (Å²) in [5.74, 6) is 0. The van der Waals surface area contributed by atoms with Crippen molar-refractivity contribution < 1.29 is 5.11 Å². The van der Waals surface area contributed by atoms with Crippen LogP contribution in [-0.2, 0) is 0 Å². The minimum Gasteiger partial charge on any atom is -0.392 e. The second-order valence-corrected chi connectivity index (χ2v) is 5.25. The zero-order valence-corrected chi connectivity index (χ0v) is 9.34. The summed E-state index contributed by atoms with van der Waals surface area (Å²) in [6.45, 7) is 5.44. The van der Waals surface area contributed by atoms with Gasteiger partial charge in [0.2, 0.25) is 0 Å². The minimum atomic E-state index is -0.105. The van der Waals surface area contributed by atoms with Crippen LogP contribution in [0.4, 0.5) is 0 Å². The van der Waals surface area contributed by atoms with Crippen molar-refractivity contribution in [1.29, 1.82) is 0 Å². The zero-order valence-electron chi connectivity index (χ0n) is 9.34. The van der Waals surface area contributed by atoms with Crippen LogP contribution in [0.15, 0.2) is 0 Å². The molecule has 2 fully saturated rings. The first-order valence-corrected chi connectivity index (χ1v) is 6.14. The number of hydrogen-bond donors (Lipinski definition) is 1. The second kappa shape index (κ2) is 4.19. The van der Waals surface area contributed by atoms with Gasteiger partial charge in [0.25, 0.3) is 0 Å². The molecule has 1 saturated heterocycles. The summed E-state index contributed by atoms with van der Waals surface area (Å²) in [4.78, 5) is 2.47. The fraction of sp³-hybridized carbons (Fsp3) is 1.00. The molecular formula is C12H23NO. The molecule has 1 N–H and O–H groups in total. The molecule has 1 saturated carbocycles. The molecule has 0 aromatic heterocycles. The van der Waals surface area contributed by atoms with Crippen molar-refractivity contribution in [1.82, 2.24) is 4.90 Å². The van der Waals surface area contributed by atoms with Crippen molar-refractivity contribution in [3.8, 4) is 0 Å². The Bertz CT molecular complexity index is 187. The van der Waals surface area contributed by atoms with E-state index in [0.29, 0.717) is 5.41 Å². The summed E-state index contributed by atoms with van der Waals surface area (Å²) >= 11 is 0. The molecule has 82 valence electrons. The molecule has 1 aliphatic carbocycles. The van der Waals surface area contributed by atoms with Gasteiger partial charge < -0.3 is 10.0 Å². The Morgan fingerprint density at radius 3 is 2.64 bits per heavy atom. The van der Waals surface area contributed by atoms with E-state index in [1.807, 2.05) is 0 Å². The van der Waals surface area contributed by atoms with Crippen molar-refractivity contribution in [2.75, 3.05) is 19.6 Å². The Kier molecular flexibility index (Phi) is 3.13. The standard InChI is InChI=1S/C12H23NO/c1-2-11(14)9-13-8-7-12(10-13)5-3-4-6-12/h11,14H,2-10H2,1H3/t11-/m0/s1. The number of hydrogen-bond acceptors (Lipinski definition) is 2. The van der Waals surface area contributed by atoms with E-state index in [1.165, 1.54) is 45.2 Å². The second-order valence-electron chi connectivity index (χ2n) is 5.25. The summed E-state index contributed by atoms with van der Waals surface area (Å²) in [7, 11) is 0. The first kappa shape index (κ1) is 10.4. The third-order valence-electron chi connectivity index (χ3n) is 4.12. The van der Waals surface area contributed by atoms with Gasteiger partial charge in [-0.05, 0) is 37.6 Å². The quantitative estimate of drug-likeness (QED) is 0.748. The molecule has 2 heteroatoms. The third-order valence-corrected chi connectivity index (χ3v) is 4.12. The van der Waals surface area contributed by atoms with E-state index in [1.54, 1.807) is 0 Å². The number of aliphatic hydroxyl groups excluding tert-OH is 1. The maximum atomic E-state index is 9.61. The number of nitrogens with zero attached hydrogens (tertiary/aromatic N) is 1. The molecule has 0 bridgehead atoms. The molecule has 0 unspecified atom stereocenters. The smallest absolute Gasteiger partial charge is 0.0664 e. The van der Waals surface area contributed by atoms with Crippen LogP contribution in [0.2, 0.25) is 0 Å². The van der Waals surface area contributed by atoms with Crippen LogP contribution in [0, 0.1) is 5.41 Å². The van der Waals surface area contributed by atoms with Gasteiger partial charge in [0, 0.05) is 13.1 Å². The molecule has 0 aromatic carbocycles. The topological polar surface area (TPSA) is 23.5 Å². The van der Waals surface area contributed by atoms with Crippen LogP contribution in [0.1, 0.15) is 45.4 Å². The summed E-state index contributed by atoms with van der Waals surface area (Å²) in [5, 5.41) is 9.61. The molecule has 14 heavy (non-hydrogen) atoms. The Morgan fingerprint density at radius 2 is 2.00 bits per heavy atom. The Morgan fingerprint density at radius 1 is 1.29 bits per heavy atom. The molecule has 1 spiro atoms. The van der Waals surface area contributed by atoms with E-state index in [-0.39, 0.29) is 6.10 Å². The lowest BCUT2D eigenvalue weighted by molar-refractivity contribution is 0.114. The van der Waals surface area contributed by atoms with Gasteiger partial charge in [-0.1, -0.05) is 19.8 Å². The minimum absolute atomic E-state index is 0.105. The zero-order chi connectivity index (χ0) is 10.0. The predicted octanol–water partition coefficient (Wildman–Crippen LogP) is 2.02. The maximum Gasteiger partial charge on any atom is 0.0664 e. The van der Waals surface area contributed by atoms with Gasteiger partial charge in [-0.25, -0.2) is 0 Å². The summed E-state index contributed by atoms with van der Waals surface area (Å²) < 4.78 is 0. The lowest BCUT2D eigenvalue weighted by atomic mass is 9.86. The van der Waals surface area contributed by atoms with Crippen molar-refractivity contribution >= 4 is 0 Å². The SMILES string of the molecule is CC[C@H](O)CN1CCC2(CCCC2)C1. The first-order valence-electron chi connectivity index (χ1n) is 6.14. The molecule has 2 nitrogen and oxygen atoms in total. The summed E-state index contributed by atoms with van der Waals surface area (Å²) in [5.41, 5.74) is 0.660. The van der Waals surface area contributed by atoms with E-state index in [2.05, 4.69) is 11.8 Å². The van der Waals surface area contributed by atoms with Crippen LogP contribution in [0.5, 0.6) is 0 Å². The molecule has 1 heterocycles. The molecule has 0 aromatic rings. The average molecular weight is 197 g/mol. The average Bonchev–Trinajstić information content (AvgIpc) is 2.78. The monoisotopic (exact) mass is 197 g/mol. The Hall–Kier alpha value is -0.0800. The number of β-amino-alcohol motifs (C(OH)–C–C–N with tert-alkyl or cyclic N) is 1. The van der Waals surface area contributed by atoms with Crippen molar-refractivity contribution in [2.24, 2.45) is 5.41 Å². The van der Waals surface area contributed by atoms with Gasteiger partial charge in [0.1, 0.15) is 0 Å². The van der Waals surface area contributed by atoms with Gasteiger partial charge >= 0.3 is 0 Å². The van der Waals surface area contributed by atoms with Crippen LogP contribution < -0.4 is 0 Å². The van der Waals surface area contributed by atoms with Crippen LogP contribution >= 0.6 is 0 Å². The molecule has 0 radical (unpaired) electrons. The van der Waals surface area contributed by atoms with E-state index in [4.69, 9.17) is 0 Å². The van der Waals surface area contributed by atoms with Crippen LogP contribution in [0.25, 0.3) is 0 Å². The number of likely N-dealkylation sites (tertiary alicyclic amines) is 1. The van der Waals surface area contributed by atoms with Gasteiger partial charge in [-0.2, -0.15) is 0 Å². The van der Waals surface area contributed by atoms with Gasteiger partial charge in [-0.3, -0.25) is 0 Å². The highest BCUT2D eigenvalue weighted by molar-refractivity contribution is 4.93. The molecule has 2 rings (SSSR count). The molecule has 1 aliphatic heterocycles. The van der Waals surface area contributed by atoms with E-state index in [9.17, 15) is 5.11 Å². The Balaban J connectivity index is 1.82.